The van der Waals surface area contributed by atoms with Crippen LogP contribution in [-0.2, 0) is 0 Å². The first-order chi connectivity index (χ1) is 16.6. The van der Waals surface area contributed by atoms with E-state index in [1.54, 1.807) is 0 Å². The molecule has 34 heavy (non-hydrogen) atoms. The maximum Gasteiger partial charge on any atom is 0.0565 e. The van der Waals surface area contributed by atoms with Gasteiger partial charge in [-0.25, -0.2) is 0 Å². The average molecular weight is 443 g/mol. The Morgan fingerprint density at radius 3 is 1.97 bits per heavy atom. The lowest BCUT2D eigenvalue weighted by atomic mass is 9.90. The normalized spacial score (nSPS) is 17.2. The number of rotatable bonds is 6. The summed E-state index contributed by atoms with van der Waals surface area (Å²) in [5.74, 6) is 0. The van der Waals surface area contributed by atoms with E-state index in [-0.39, 0.29) is 5.54 Å². The standard InChI is InChI=1S/C32H30N2/c1-25-20-22-32(2,23-21-25)33-28-16-18-30(19-17-28)34(29-13-7-4-8-14-29)31-15-9-12-27(24-31)26-10-5-3-6-11-26/h3-22,24,33H,23H2,1-2H3. The van der Waals surface area contributed by atoms with Gasteiger partial charge in [-0.05, 0) is 79.9 Å². The molecule has 4 aromatic carbocycles. The number of hydrogen-bond donors (Lipinski definition) is 1. The first-order valence-corrected chi connectivity index (χ1v) is 11.8. The summed E-state index contributed by atoms with van der Waals surface area (Å²) in [4.78, 5) is 2.31. The molecular weight excluding hydrogens is 412 g/mol. The first kappa shape index (κ1) is 21.8. The molecule has 0 amide bonds. The van der Waals surface area contributed by atoms with Crippen LogP contribution in [0.1, 0.15) is 20.3 Å². The van der Waals surface area contributed by atoms with Crippen molar-refractivity contribution in [3.05, 3.63) is 133 Å². The second kappa shape index (κ2) is 9.44. The molecule has 2 nitrogen and oxygen atoms in total. The Morgan fingerprint density at radius 1 is 0.676 bits per heavy atom. The van der Waals surface area contributed by atoms with Crippen LogP contribution in [0.3, 0.4) is 0 Å². The van der Waals surface area contributed by atoms with Gasteiger partial charge in [0.1, 0.15) is 0 Å². The van der Waals surface area contributed by atoms with Gasteiger partial charge in [-0.1, -0.05) is 84.5 Å². The zero-order chi connectivity index (χ0) is 23.4. The third kappa shape index (κ3) is 4.82. The summed E-state index contributed by atoms with van der Waals surface area (Å²) >= 11 is 0. The Kier molecular flexibility index (Phi) is 6.05. The minimum Gasteiger partial charge on any atom is -0.376 e. The molecule has 1 aliphatic carbocycles. The molecule has 0 heterocycles. The fraction of sp³-hybridized carbons (Fsp3) is 0.125. The van der Waals surface area contributed by atoms with Gasteiger partial charge in [0, 0.05) is 22.7 Å². The van der Waals surface area contributed by atoms with Gasteiger partial charge in [0.25, 0.3) is 0 Å². The van der Waals surface area contributed by atoms with E-state index in [0.29, 0.717) is 0 Å². The van der Waals surface area contributed by atoms with Gasteiger partial charge in [0.05, 0.1) is 5.54 Å². The lowest BCUT2D eigenvalue weighted by Crippen LogP contribution is -2.32. The van der Waals surface area contributed by atoms with Crippen LogP contribution in [0, 0.1) is 0 Å². The molecule has 0 fully saturated rings. The molecule has 1 N–H and O–H groups in total. The van der Waals surface area contributed by atoms with E-state index in [1.165, 1.54) is 16.7 Å². The Bertz CT molecular complexity index is 1300. The molecule has 0 spiro atoms. The summed E-state index contributed by atoms with van der Waals surface area (Å²) < 4.78 is 0. The highest BCUT2D eigenvalue weighted by molar-refractivity contribution is 5.80. The predicted molar refractivity (Wildman–Crippen MR) is 146 cm³/mol. The SMILES string of the molecule is CC1=CCC(C)(Nc2ccc(N(c3ccccc3)c3cccc(-c4ccccc4)c3)cc2)C=C1. The Morgan fingerprint density at radius 2 is 1.29 bits per heavy atom. The lowest BCUT2D eigenvalue weighted by molar-refractivity contribution is 0.637. The zero-order valence-corrected chi connectivity index (χ0v) is 19.8. The second-order valence-electron chi connectivity index (χ2n) is 9.16. The summed E-state index contributed by atoms with van der Waals surface area (Å²) in [5.41, 5.74) is 8.20. The van der Waals surface area contributed by atoms with Gasteiger partial charge in [-0.2, -0.15) is 0 Å². The highest BCUT2D eigenvalue weighted by Gasteiger charge is 2.21. The summed E-state index contributed by atoms with van der Waals surface area (Å²) in [6.07, 6.45) is 7.74. The average Bonchev–Trinajstić information content (AvgIpc) is 2.89. The summed E-state index contributed by atoms with van der Waals surface area (Å²) in [5, 5.41) is 3.70. The van der Waals surface area contributed by atoms with E-state index in [2.05, 4.69) is 151 Å². The zero-order valence-electron chi connectivity index (χ0n) is 19.8. The van der Waals surface area contributed by atoms with Crippen molar-refractivity contribution in [1.29, 1.82) is 0 Å². The molecule has 0 saturated carbocycles. The Balaban J connectivity index is 1.48. The topological polar surface area (TPSA) is 15.3 Å². The number of allylic oxidation sites excluding steroid dienone is 2. The lowest BCUT2D eigenvalue weighted by Gasteiger charge is -2.31. The maximum atomic E-state index is 3.70. The summed E-state index contributed by atoms with van der Waals surface area (Å²) in [6, 6.07) is 38.6. The van der Waals surface area contributed by atoms with E-state index in [9.17, 15) is 0 Å². The molecule has 4 aromatic rings. The van der Waals surface area contributed by atoms with Crippen molar-refractivity contribution < 1.29 is 0 Å². The van der Waals surface area contributed by atoms with Crippen molar-refractivity contribution in [3.8, 4) is 11.1 Å². The third-order valence-corrected chi connectivity index (χ3v) is 6.34. The van der Waals surface area contributed by atoms with Crippen LogP contribution in [0.25, 0.3) is 11.1 Å². The van der Waals surface area contributed by atoms with Gasteiger partial charge in [-0.3, -0.25) is 0 Å². The molecule has 0 aliphatic heterocycles. The van der Waals surface area contributed by atoms with Crippen molar-refractivity contribution in [2.45, 2.75) is 25.8 Å². The minimum atomic E-state index is -0.0653. The predicted octanol–water partition coefficient (Wildman–Crippen LogP) is 8.90. The van der Waals surface area contributed by atoms with Crippen LogP contribution in [0.15, 0.2) is 133 Å². The molecular formula is C32H30N2. The molecule has 1 unspecified atom stereocenters. The molecule has 2 heteroatoms. The van der Waals surface area contributed by atoms with Crippen LogP contribution in [0.4, 0.5) is 22.7 Å². The van der Waals surface area contributed by atoms with Crippen LogP contribution < -0.4 is 10.2 Å². The maximum absolute atomic E-state index is 3.70. The Labute approximate surface area is 202 Å². The number of hydrogen-bond acceptors (Lipinski definition) is 2. The largest absolute Gasteiger partial charge is 0.376 e. The quantitative estimate of drug-likeness (QED) is 0.321. The number of anilines is 4. The molecule has 1 atom stereocenters. The van der Waals surface area contributed by atoms with Crippen molar-refractivity contribution in [3.63, 3.8) is 0 Å². The molecule has 168 valence electrons. The Hall–Kier alpha value is -4.04. The summed E-state index contributed by atoms with van der Waals surface area (Å²) in [6.45, 7) is 4.39. The summed E-state index contributed by atoms with van der Waals surface area (Å²) in [7, 11) is 0. The number of nitrogens with zero attached hydrogens (tertiary/aromatic N) is 1. The van der Waals surface area contributed by atoms with E-state index >= 15 is 0 Å². The smallest absolute Gasteiger partial charge is 0.0565 e. The fourth-order valence-corrected chi connectivity index (χ4v) is 4.42. The van der Waals surface area contributed by atoms with Gasteiger partial charge in [0.15, 0.2) is 0 Å². The first-order valence-electron chi connectivity index (χ1n) is 11.8. The van der Waals surface area contributed by atoms with Crippen molar-refractivity contribution in [2.24, 2.45) is 0 Å². The molecule has 0 bridgehead atoms. The van der Waals surface area contributed by atoms with Crippen molar-refractivity contribution in [2.75, 3.05) is 10.2 Å². The van der Waals surface area contributed by atoms with Crippen molar-refractivity contribution >= 4 is 22.7 Å². The third-order valence-electron chi connectivity index (χ3n) is 6.34. The highest BCUT2D eigenvalue weighted by atomic mass is 15.1. The molecule has 0 aromatic heterocycles. The van der Waals surface area contributed by atoms with E-state index in [1.807, 2.05) is 0 Å². The van der Waals surface area contributed by atoms with Crippen molar-refractivity contribution in [1.82, 2.24) is 0 Å². The number of para-hydroxylation sites is 1. The van der Waals surface area contributed by atoms with E-state index < -0.39 is 0 Å². The monoisotopic (exact) mass is 442 g/mol. The number of benzene rings is 4. The van der Waals surface area contributed by atoms with Gasteiger partial charge in [-0.15, -0.1) is 0 Å². The van der Waals surface area contributed by atoms with E-state index in [0.717, 1.165) is 29.2 Å². The molecule has 5 rings (SSSR count). The highest BCUT2D eigenvalue weighted by Crippen LogP contribution is 2.37. The molecule has 0 saturated heterocycles. The molecule has 0 radical (unpaired) electrons. The van der Waals surface area contributed by atoms with Crippen LogP contribution >= 0.6 is 0 Å². The minimum absolute atomic E-state index is 0.0653. The van der Waals surface area contributed by atoms with Crippen LogP contribution in [0.5, 0.6) is 0 Å². The van der Waals surface area contributed by atoms with Gasteiger partial charge >= 0.3 is 0 Å². The number of nitrogens with one attached hydrogen (secondary N) is 1. The fourth-order valence-electron chi connectivity index (χ4n) is 4.42. The van der Waals surface area contributed by atoms with E-state index in [4.69, 9.17) is 0 Å². The van der Waals surface area contributed by atoms with Gasteiger partial charge < -0.3 is 10.2 Å². The van der Waals surface area contributed by atoms with Crippen LogP contribution in [0.2, 0.25) is 0 Å². The molecule has 1 aliphatic rings. The second-order valence-corrected chi connectivity index (χ2v) is 9.16. The van der Waals surface area contributed by atoms with Gasteiger partial charge in [0.2, 0.25) is 0 Å². The van der Waals surface area contributed by atoms with Crippen LogP contribution in [-0.4, -0.2) is 5.54 Å².